The Bertz CT molecular complexity index is 1630. The van der Waals surface area contributed by atoms with Gasteiger partial charge in [0.05, 0.1) is 35.6 Å². The van der Waals surface area contributed by atoms with Gasteiger partial charge in [-0.25, -0.2) is 9.78 Å². The number of ether oxygens (including phenoxy) is 3. The molecule has 0 unspecified atom stereocenters. The molecule has 0 saturated heterocycles. The number of fused-ring (bicyclic) bond motifs is 6. The van der Waals surface area contributed by atoms with Gasteiger partial charge in [-0.05, 0) is 37.0 Å². The van der Waals surface area contributed by atoms with Crippen molar-refractivity contribution in [2.75, 3.05) is 13.3 Å². The number of nitrogens with two attached hydrogens (primary N) is 1. The lowest BCUT2D eigenvalue weighted by atomic mass is 9.86. The van der Waals surface area contributed by atoms with Gasteiger partial charge in [-0.3, -0.25) is 9.59 Å². The van der Waals surface area contributed by atoms with Crippen LogP contribution in [0.2, 0.25) is 0 Å². The van der Waals surface area contributed by atoms with Crippen molar-refractivity contribution < 1.29 is 28.9 Å². The summed E-state index contributed by atoms with van der Waals surface area (Å²) in [4.78, 5) is 45.7. The van der Waals surface area contributed by atoms with Gasteiger partial charge in [0.2, 0.25) is 12.7 Å². The zero-order valence-electron chi connectivity index (χ0n) is 20.8. The van der Waals surface area contributed by atoms with E-state index in [2.05, 4.69) is 0 Å². The third kappa shape index (κ3) is 3.15. The van der Waals surface area contributed by atoms with E-state index in [1.807, 2.05) is 6.07 Å². The highest BCUT2D eigenvalue weighted by Crippen LogP contribution is 2.44. The molecule has 1 atom stereocenters. The maximum absolute atomic E-state index is 13.7. The fraction of sp³-hybridized carbons (Fsp3) is 0.407. The van der Waals surface area contributed by atoms with Crippen LogP contribution < -0.4 is 20.8 Å². The SMILES string of the molecule is CC[C@@]1(O)C(=O)OCc2c1cc1n(c2=O)Cc2c-1nc1cc3c(cc1c2CN(C(=O)CN)C1CC1)OCO3. The molecule has 3 aromatic rings. The Hall–Kier alpha value is -3.96. The summed E-state index contributed by atoms with van der Waals surface area (Å²) in [7, 11) is 0. The second-order valence-electron chi connectivity index (χ2n) is 10.2. The monoisotopic (exact) mass is 518 g/mol. The molecule has 3 aliphatic heterocycles. The topological polar surface area (TPSA) is 146 Å². The molecule has 0 spiro atoms. The average Bonchev–Trinajstić information content (AvgIpc) is 3.54. The van der Waals surface area contributed by atoms with Gasteiger partial charge in [-0.1, -0.05) is 6.92 Å². The zero-order chi connectivity index (χ0) is 26.3. The van der Waals surface area contributed by atoms with Gasteiger partial charge >= 0.3 is 5.97 Å². The molecule has 11 nitrogen and oxygen atoms in total. The molecule has 1 amide bonds. The minimum atomic E-state index is -1.91. The number of pyridine rings is 2. The quantitative estimate of drug-likeness (QED) is 0.373. The normalized spacial score (nSPS) is 20.7. The molecule has 1 fully saturated rings. The van der Waals surface area contributed by atoms with E-state index in [4.69, 9.17) is 24.9 Å². The molecule has 7 rings (SSSR count). The molecule has 5 heterocycles. The van der Waals surface area contributed by atoms with Crippen molar-refractivity contribution in [2.24, 2.45) is 5.73 Å². The summed E-state index contributed by atoms with van der Waals surface area (Å²) in [5.74, 6) is 0.251. The molecule has 0 bridgehead atoms. The average molecular weight is 519 g/mol. The highest BCUT2D eigenvalue weighted by Gasteiger charge is 2.45. The third-order valence-electron chi connectivity index (χ3n) is 8.11. The number of nitrogens with zero attached hydrogens (tertiary/aromatic N) is 3. The first-order chi connectivity index (χ1) is 18.3. The second kappa shape index (κ2) is 8.02. The predicted molar refractivity (Wildman–Crippen MR) is 133 cm³/mol. The molecule has 1 aromatic carbocycles. The Balaban J connectivity index is 1.47. The smallest absolute Gasteiger partial charge is 0.343 e. The highest BCUT2D eigenvalue weighted by molar-refractivity contribution is 5.92. The Kier molecular flexibility index (Phi) is 4.89. The summed E-state index contributed by atoms with van der Waals surface area (Å²) in [6.45, 7) is 2.03. The van der Waals surface area contributed by atoms with E-state index in [9.17, 15) is 19.5 Å². The van der Waals surface area contributed by atoms with Crippen molar-refractivity contribution in [3.63, 3.8) is 0 Å². The maximum Gasteiger partial charge on any atom is 0.343 e. The van der Waals surface area contributed by atoms with E-state index in [0.29, 0.717) is 34.9 Å². The van der Waals surface area contributed by atoms with Crippen molar-refractivity contribution in [3.05, 3.63) is 50.8 Å². The number of esters is 1. The molecule has 0 radical (unpaired) electrons. The van der Waals surface area contributed by atoms with Gasteiger partial charge in [-0.2, -0.15) is 0 Å². The van der Waals surface area contributed by atoms with Gasteiger partial charge in [0.15, 0.2) is 17.1 Å². The lowest BCUT2D eigenvalue weighted by Crippen LogP contribution is -2.44. The number of cyclic esters (lactones) is 1. The van der Waals surface area contributed by atoms with Crippen LogP contribution in [-0.4, -0.2) is 50.8 Å². The van der Waals surface area contributed by atoms with Crippen molar-refractivity contribution in [1.29, 1.82) is 0 Å². The summed E-state index contributed by atoms with van der Waals surface area (Å²) in [5, 5.41) is 12.0. The summed E-state index contributed by atoms with van der Waals surface area (Å²) < 4.78 is 18.0. The van der Waals surface area contributed by atoms with E-state index in [1.165, 1.54) is 0 Å². The zero-order valence-corrected chi connectivity index (χ0v) is 20.8. The van der Waals surface area contributed by atoms with Crippen LogP contribution >= 0.6 is 0 Å². The summed E-state index contributed by atoms with van der Waals surface area (Å²) in [6.07, 6.45) is 1.89. The standard InChI is InChI=1S/C27H26N4O7/c1-2-27(35)18-6-20-24-16(10-31(20)25(33)17(18)11-36-26(27)34)15(9-30(13-3-4-13)23(32)8-28)14-5-21-22(38-12-37-21)7-19(14)29-24/h5-7,13,35H,2-4,8-12,28H2,1H3/t27-/m0/s1. The molecular formula is C27H26N4O7. The van der Waals surface area contributed by atoms with E-state index in [1.54, 1.807) is 28.5 Å². The van der Waals surface area contributed by atoms with Gasteiger partial charge in [0, 0.05) is 35.2 Å². The van der Waals surface area contributed by atoms with Crippen LogP contribution in [0.3, 0.4) is 0 Å². The number of rotatable bonds is 5. The summed E-state index contributed by atoms with van der Waals surface area (Å²) in [5.41, 5.74) is 7.39. The molecule has 1 saturated carbocycles. The first-order valence-corrected chi connectivity index (χ1v) is 12.8. The summed E-state index contributed by atoms with van der Waals surface area (Å²) >= 11 is 0. The van der Waals surface area contributed by atoms with E-state index < -0.39 is 11.6 Å². The van der Waals surface area contributed by atoms with E-state index in [0.717, 1.165) is 29.4 Å². The minimum absolute atomic E-state index is 0.0615. The fourth-order valence-corrected chi connectivity index (χ4v) is 5.83. The maximum atomic E-state index is 13.7. The number of amides is 1. The number of hydrogen-bond acceptors (Lipinski definition) is 9. The van der Waals surface area contributed by atoms with Gasteiger partial charge in [-0.15, -0.1) is 0 Å². The predicted octanol–water partition coefficient (Wildman–Crippen LogP) is 1.26. The van der Waals surface area contributed by atoms with Crippen molar-refractivity contribution in [3.8, 4) is 22.9 Å². The molecule has 1 aliphatic carbocycles. The first-order valence-electron chi connectivity index (χ1n) is 12.8. The first kappa shape index (κ1) is 23.2. The van der Waals surface area contributed by atoms with Crippen molar-refractivity contribution >= 4 is 22.8 Å². The largest absolute Gasteiger partial charge is 0.458 e. The van der Waals surface area contributed by atoms with Crippen molar-refractivity contribution in [2.45, 2.75) is 57.5 Å². The van der Waals surface area contributed by atoms with Crippen LogP contribution in [0.5, 0.6) is 11.5 Å². The molecule has 196 valence electrons. The van der Waals surface area contributed by atoms with Crippen LogP contribution in [-0.2, 0) is 39.6 Å². The van der Waals surface area contributed by atoms with Crippen molar-refractivity contribution in [1.82, 2.24) is 14.5 Å². The Morgan fingerprint density at radius 2 is 1.95 bits per heavy atom. The molecule has 38 heavy (non-hydrogen) atoms. The summed E-state index contributed by atoms with van der Waals surface area (Å²) in [6, 6.07) is 5.48. The third-order valence-corrected chi connectivity index (χ3v) is 8.11. The number of benzene rings is 1. The number of aromatic nitrogens is 2. The molecular weight excluding hydrogens is 492 g/mol. The highest BCUT2D eigenvalue weighted by atomic mass is 16.7. The number of carbonyl (C=O) groups excluding carboxylic acids is 2. The Labute approximate surface area is 216 Å². The lowest BCUT2D eigenvalue weighted by Gasteiger charge is -2.31. The van der Waals surface area contributed by atoms with E-state index in [-0.39, 0.29) is 61.5 Å². The molecule has 4 aliphatic rings. The van der Waals surface area contributed by atoms with Crippen LogP contribution in [0.25, 0.3) is 22.3 Å². The Morgan fingerprint density at radius 1 is 1.18 bits per heavy atom. The molecule has 11 heteroatoms. The molecule has 2 aromatic heterocycles. The molecule has 3 N–H and O–H groups in total. The second-order valence-corrected chi connectivity index (χ2v) is 10.2. The van der Waals surface area contributed by atoms with E-state index >= 15 is 0 Å². The van der Waals surface area contributed by atoms with Crippen LogP contribution in [0, 0.1) is 0 Å². The van der Waals surface area contributed by atoms with Crippen LogP contribution in [0.4, 0.5) is 0 Å². The van der Waals surface area contributed by atoms with Gasteiger partial charge in [0.25, 0.3) is 5.56 Å². The number of hydrogen-bond donors (Lipinski definition) is 2. The van der Waals surface area contributed by atoms with Gasteiger partial charge in [0.1, 0.15) is 6.61 Å². The number of aliphatic hydroxyl groups is 1. The minimum Gasteiger partial charge on any atom is -0.458 e. The lowest BCUT2D eigenvalue weighted by molar-refractivity contribution is -0.172. The fourth-order valence-electron chi connectivity index (χ4n) is 5.83. The van der Waals surface area contributed by atoms with Gasteiger partial charge < -0.3 is 34.5 Å². The van der Waals surface area contributed by atoms with Crippen LogP contribution in [0.1, 0.15) is 48.4 Å². The van der Waals surface area contributed by atoms with Crippen LogP contribution in [0.15, 0.2) is 23.0 Å². The Morgan fingerprint density at radius 3 is 2.66 bits per heavy atom. The number of carbonyl (C=O) groups is 2.